The quantitative estimate of drug-likeness (QED) is 0.535. The highest BCUT2D eigenvalue weighted by Gasteiger charge is 2.40. The van der Waals surface area contributed by atoms with Gasteiger partial charge in [0.25, 0.3) is 0 Å². The van der Waals surface area contributed by atoms with Crippen LogP contribution in [0.2, 0.25) is 0 Å². The van der Waals surface area contributed by atoms with Crippen molar-refractivity contribution in [3.05, 3.63) is 71.3 Å². The molecule has 3 N–H and O–H groups in total. The minimum atomic E-state index is -0.482. The molecule has 0 spiro atoms. The van der Waals surface area contributed by atoms with Crippen LogP contribution in [0.5, 0.6) is 0 Å². The molecule has 2 fully saturated rings. The zero-order chi connectivity index (χ0) is 21.2. The van der Waals surface area contributed by atoms with Crippen molar-refractivity contribution >= 4 is 18.5 Å². The summed E-state index contributed by atoms with van der Waals surface area (Å²) < 4.78 is 30.4. The molecule has 4 atom stereocenters. The Morgan fingerprint density at radius 3 is 1.69 bits per heavy atom. The lowest BCUT2D eigenvalue weighted by Gasteiger charge is -2.19. The summed E-state index contributed by atoms with van der Waals surface area (Å²) in [4.78, 5) is 11.5. The number of hydrogen-bond donors (Lipinski definition) is 2. The first-order chi connectivity index (χ1) is 13.6. The van der Waals surface area contributed by atoms with Crippen molar-refractivity contribution in [3.63, 3.8) is 0 Å². The lowest BCUT2D eigenvalue weighted by molar-refractivity contribution is 0.0523. The predicted octanol–water partition coefficient (Wildman–Crippen LogP) is 6.54. The third kappa shape index (κ3) is 9.13. The summed E-state index contributed by atoms with van der Waals surface area (Å²) >= 11 is 0. The van der Waals surface area contributed by atoms with Crippen molar-refractivity contribution in [1.29, 1.82) is 0 Å². The molecule has 2 aromatic rings. The molecule has 2 saturated carbocycles. The second-order valence-electron chi connectivity index (χ2n) is 8.70. The molecule has 0 saturated heterocycles. The SMILES string of the molecule is C.C.CC(C)(C)OC(=O)NC1CC1c1ccc(F)cc1.Cl.NC1CC1c1ccc(F)cc1. The first-order valence-electron chi connectivity index (χ1n) is 9.88. The number of benzene rings is 2. The normalized spacial score (nSPS) is 22.4. The maximum absolute atomic E-state index is 12.8. The van der Waals surface area contributed by atoms with Gasteiger partial charge in [-0.05, 0) is 69.0 Å². The number of nitrogens with two attached hydrogens (primary N) is 1. The molecule has 1 amide bonds. The molecule has 4 rings (SSSR count). The lowest BCUT2D eigenvalue weighted by Crippen LogP contribution is -2.34. The van der Waals surface area contributed by atoms with Gasteiger partial charge in [0.05, 0.1) is 0 Å². The van der Waals surface area contributed by atoms with Crippen molar-refractivity contribution in [2.75, 3.05) is 0 Å². The van der Waals surface area contributed by atoms with Gasteiger partial charge in [-0.1, -0.05) is 39.1 Å². The summed E-state index contributed by atoms with van der Waals surface area (Å²) in [5.74, 6) is 0.341. The van der Waals surface area contributed by atoms with Gasteiger partial charge in [0.2, 0.25) is 0 Å². The molecule has 0 heterocycles. The van der Waals surface area contributed by atoms with E-state index in [1.165, 1.54) is 29.8 Å². The van der Waals surface area contributed by atoms with E-state index in [4.69, 9.17) is 10.5 Å². The Morgan fingerprint density at radius 2 is 1.31 bits per heavy atom. The molecular formula is C25H37ClF2N2O2. The van der Waals surface area contributed by atoms with Crippen LogP contribution >= 0.6 is 12.4 Å². The van der Waals surface area contributed by atoms with E-state index in [-0.39, 0.29) is 50.9 Å². The lowest BCUT2D eigenvalue weighted by atomic mass is 10.1. The van der Waals surface area contributed by atoms with E-state index in [1.807, 2.05) is 32.9 Å². The van der Waals surface area contributed by atoms with Crippen LogP contribution in [0.1, 0.15) is 71.4 Å². The van der Waals surface area contributed by atoms with Gasteiger partial charge in [-0.2, -0.15) is 0 Å². The number of amides is 1. The van der Waals surface area contributed by atoms with Gasteiger partial charge in [-0.3, -0.25) is 0 Å². The molecular weight excluding hydrogens is 434 g/mol. The average molecular weight is 471 g/mol. The Labute approximate surface area is 197 Å². The summed E-state index contributed by atoms with van der Waals surface area (Å²) in [6.07, 6.45) is 1.54. The number of ether oxygens (including phenoxy) is 1. The van der Waals surface area contributed by atoms with Gasteiger partial charge in [0.1, 0.15) is 17.2 Å². The molecule has 0 bridgehead atoms. The van der Waals surface area contributed by atoms with Gasteiger partial charge in [0, 0.05) is 23.9 Å². The Morgan fingerprint density at radius 1 is 0.906 bits per heavy atom. The largest absolute Gasteiger partial charge is 0.444 e. The molecule has 2 aliphatic rings. The monoisotopic (exact) mass is 470 g/mol. The first kappa shape index (κ1) is 29.8. The minimum absolute atomic E-state index is 0. The predicted molar refractivity (Wildman–Crippen MR) is 129 cm³/mol. The van der Waals surface area contributed by atoms with Crippen LogP contribution in [0.15, 0.2) is 48.5 Å². The topological polar surface area (TPSA) is 64.3 Å². The van der Waals surface area contributed by atoms with Gasteiger partial charge in [0.15, 0.2) is 0 Å². The number of nitrogens with one attached hydrogen (secondary N) is 1. The Balaban J connectivity index is 0.000000598. The fourth-order valence-corrected chi connectivity index (χ4v) is 3.20. The number of rotatable bonds is 3. The molecule has 0 aliphatic heterocycles. The molecule has 4 nitrogen and oxygen atoms in total. The molecule has 7 heteroatoms. The number of carbonyl (C=O) groups excluding carboxylic acids is 1. The van der Waals surface area contributed by atoms with Gasteiger partial charge >= 0.3 is 6.09 Å². The summed E-state index contributed by atoms with van der Waals surface area (Å²) in [6.45, 7) is 5.49. The van der Waals surface area contributed by atoms with Gasteiger partial charge < -0.3 is 15.8 Å². The number of halogens is 3. The smallest absolute Gasteiger partial charge is 0.407 e. The van der Waals surface area contributed by atoms with Crippen LogP contribution in [-0.4, -0.2) is 23.8 Å². The molecule has 4 unspecified atom stereocenters. The standard InChI is InChI=1S/C14H18FNO2.C9H10FN.2CH4.ClH/c1-14(2,3)18-13(17)16-12-8-11(12)9-4-6-10(15)7-5-9;10-7-3-1-6(2-4-7)8-5-9(8)11;;;/h4-7,11-12H,8H2,1-3H3,(H,16,17);1-4,8-9H,5,11H2;2*1H4;1H. The van der Waals surface area contributed by atoms with Crippen LogP contribution < -0.4 is 11.1 Å². The maximum Gasteiger partial charge on any atom is 0.407 e. The van der Waals surface area contributed by atoms with Gasteiger partial charge in [-0.25, -0.2) is 13.6 Å². The number of hydrogen-bond acceptors (Lipinski definition) is 3. The summed E-state index contributed by atoms with van der Waals surface area (Å²) in [5, 5.41) is 2.82. The second-order valence-corrected chi connectivity index (χ2v) is 8.70. The van der Waals surface area contributed by atoms with E-state index in [9.17, 15) is 13.6 Å². The van der Waals surface area contributed by atoms with Crippen LogP contribution in [0.25, 0.3) is 0 Å². The third-order valence-corrected chi connectivity index (χ3v) is 4.93. The Kier molecular flexibility index (Phi) is 11.3. The average Bonchev–Trinajstić information content (AvgIpc) is 3.53. The summed E-state index contributed by atoms with van der Waals surface area (Å²) in [5.41, 5.74) is 7.38. The minimum Gasteiger partial charge on any atom is -0.444 e. The van der Waals surface area contributed by atoms with Crippen molar-refractivity contribution in [3.8, 4) is 0 Å². The fraction of sp³-hybridized carbons (Fsp3) is 0.480. The zero-order valence-corrected chi connectivity index (χ0v) is 18.2. The third-order valence-electron chi connectivity index (χ3n) is 4.93. The van der Waals surface area contributed by atoms with Crippen molar-refractivity contribution in [2.45, 2.75) is 78.0 Å². The molecule has 32 heavy (non-hydrogen) atoms. The number of alkyl carbamates (subject to hydrolysis) is 1. The van der Waals surface area contributed by atoms with Crippen LogP contribution in [0, 0.1) is 11.6 Å². The van der Waals surface area contributed by atoms with Gasteiger partial charge in [-0.15, -0.1) is 12.4 Å². The molecule has 2 aromatic carbocycles. The van der Waals surface area contributed by atoms with E-state index in [2.05, 4.69) is 5.32 Å². The van der Waals surface area contributed by atoms with Crippen LogP contribution in [0.4, 0.5) is 13.6 Å². The zero-order valence-electron chi connectivity index (χ0n) is 17.4. The van der Waals surface area contributed by atoms with Crippen molar-refractivity contribution in [1.82, 2.24) is 5.32 Å². The highest BCUT2D eigenvalue weighted by Crippen LogP contribution is 2.41. The molecule has 0 aromatic heterocycles. The van der Waals surface area contributed by atoms with Crippen LogP contribution in [0.3, 0.4) is 0 Å². The molecule has 2 aliphatic carbocycles. The van der Waals surface area contributed by atoms with Crippen molar-refractivity contribution in [2.24, 2.45) is 5.73 Å². The summed E-state index contributed by atoms with van der Waals surface area (Å²) in [6, 6.07) is 13.4. The number of carbonyl (C=O) groups is 1. The Bertz CT molecular complexity index is 839. The first-order valence-corrected chi connectivity index (χ1v) is 9.88. The van der Waals surface area contributed by atoms with E-state index in [0.717, 1.165) is 18.4 Å². The second kappa shape index (κ2) is 12.2. The molecule has 0 radical (unpaired) electrons. The molecule has 180 valence electrons. The van der Waals surface area contributed by atoms with Crippen LogP contribution in [-0.2, 0) is 4.74 Å². The maximum atomic E-state index is 12.8. The fourth-order valence-electron chi connectivity index (χ4n) is 3.20. The van der Waals surface area contributed by atoms with E-state index >= 15 is 0 Å². The highest BCUT2D eigenvalue weighted by molar-refractivity contribution is 5.85. The van der Waals surface area contributed by atoms with E-state index in [1.54, 1.807) is 12.1 Å². The van der Waals surface area contributed by atoms with E-state index < -0.39 is 11.7 Å². The Hall–Kier alpha value is -2.18. The summed E-state index contributed by atoms with van der Waals surface area (Å²) in [7, 11) is 0. The van der Waals surface area contributed by atoms with E-state index in [0.29, 0.717) is 12.0 Å². The highest BCUT2D eigenvalue weighted by atomic mass is 35.5. The van der Waals surface area contributed by atoms with Crippen molar-refractivity contribution < 1.29 is 18.3 Å².